The van der Waals surface area contributed by atoms with E-state index < -0.39 is 0 Å². The van der Waals surface area contributed by atoms with Crippen molar-refractivity contribution in [3.63, 3.8) is 0 Å². The Morgan fingerprint density at radius 3 is 2.77 bits per heavy atom. The highest BCUT2D eigenvalue weighted by atomic mass is 16.5. The van der Waals surface area contributed by atoms with Crippen LogP contribution >= 0.6 is 0 Å². The highest BCUT2D eigenvalue weighted by Gasteiger charge is 2.42. The van der Waals surface area contributed by atoms with E-state index in [0.29, 0.717) is 0 Å². The Morgan fingerprint density at radius 1 is 1.31 bits per heavy atom. The standard InChI is InChI=1S/C11H21NO/c1-2-13-8-10-7-11(10)9-3-5-12-6-4-9/h9-12H,2-8H2,1H3/t10-,11+/m0/s1. The molecule has 0 amide bonds. The summed E-state index contributed by atoms with van der Waals surface area (Å²) in [5, 5.41) is 3.42. The molecule has 0 unspecified atom stereocenters. The van der Waals surface area contributed by atoms with E-state index in [1.165, 1.54) is 32.4 Å². The molecule has 2 rings (SSSR count). The molecule has 1 aliphatic carbocycles. The van der Waals surface area contributed by atoms with E-state index in [2.05, 4.69) is 12.2 Å². The van der Waals surface area contributed by atoms with Gasteiger partial charge in [0.1, 0.15) is 0 Å². The molecule has 1 aliphatic heterocycles. The summed E-state index contributed by atoms with van der Waals surface area (Å²) in [5.41, 5.74) is 0. The van der Waals surface area contributed by atoms with E-state index in [9.17, 15) is 0 Å². The molecule has 0 radical (unpaired) electrons. The van der Waals surface area contributed by atoms with Crippen LogP contribution in [0.15, 0.2) is 0 Å². The smallest absolute Gasteiger partial charge is 0.0496 e. The summed E-state index contributed by atoms with van der Waals surface area (Å²) in [7, 11) is 0. The number of nitrogens with one attached hydrogen (secondary N) is 1. The number of ether oxygens (including phenoxy) is 1. The fourth-order valence-corrected chi connectivity index (χ4v) is 2.58. The minimum Gasteiger partial charge on any atom is -0.381 e. The molecule has 0 aromatic rings. The molecule has 1 saturated carbocycles. The van der Waals surface area contributed by atoms with Crippen LogP contribution in [0.4, 0.5) is 0 Å². The van der Waals surface area contributed by atoms with Crippen molar-refractivity contribution >= 4 is 0 Å². The van der Waals surface area contributed by atoms with E-state index in [1.54, 1.807) is 0 Å². The summed E-state index contributed by atoms with van der Waals surface area (Å²) < 4.78 is 5.46. The van der Waals surface area contributed by atoms with Gasteiger partial charge in [0.15, 0.2) is 0 Å². The predicted molar refractivity (Wildman–Crippen MR) is 53.7 cm³/mol. The van der Waals surface area contributed by atoms with Crippen molar-refractivity contribution in [1.29, 1.82) is 0 Å². The average Bonchev–Trinajstić information content (AvgIpc) is 2.95. The molecular weight excluding hydrogens is 162 g/mol. The Kier molecular flexibility index (Phi) is 3.23. The Hall–Kier alpha value is -0.0800. The molecule has 0 bridgehead atoms. The van der Waals surface area contributed by atoms with Crippen LogP contribution in [0, 0.1) is 17.8 Å². The van der Waals surface area contributed by atoms with Gasteiger partial charge in [-0.3, -0.25) is 0 Å². The van der Waals surface area contributed by atoms with Crippen molar-refractivity contribution in [3.8, 4) is 0 Å². The third-order valence-electron chi connectivity index (χ3n) is 3.50. The molecule has 0 aromatic carbocycles. The predicted octanol–water partition coefficient (Wildman–Crippen LogP) is 1.66. The van der Waals surface area contributed by atoms with Gasteiger partial charge < -0.3 is 10.1 Å². The first-order valence-corrected chi connectivity index (χ1v) is 5.70. The van der Waals surface area contributed by atoms with E-state index in [-0.39, 0.29) is 0 Å². The van der Waals surface area contributed by atoms with Crippen LogP contribution in [-0.4, -0.2) is 26.3 Å². The molecular formula is C11H21NO. The molecule has 2 heteroatoms. The summed E-state index contributed by atoms with van der Waals surface area (Å²) in [6.45, 7) is 6.47. The fraction of sp³-hybridized carbons (Fsp3) is 1.00. The normalized spacial score (nSPS) is 34.8. The van der Waals surface area contributed by atoms with Crippen molar-refractivity contribution in [2.45, 2.75) is 26.2 Å². The van der Waals surface area contributed by atoms with E-state index in [4.69, 9.17) is 4.74 Å². The first-order chi connectivity index (χ1) is 6.42. The van der Waals surface area contributed by atoms with Gasteiger partial charge in [0.05, 0.1) is 0 Å². The van der Waals surface area contributed by atoms with Crippen LogP contribution in [0.3, 0.4) is 0 Å². The zero-order valence-electron chi connectivity index (χ0n) is 8.59. The van der Waals surface area contributed by atoms with E-state index in [0.717, 1.165) is 31.0 Å². The van der Waals surface area contributed by atoms with Crippen LogP contribution < -0.4 is 5.32 Å². The lowest BCUT2D eigenvalue weighted by atomic mass is 9.92. The third kappa shape index (κ3) is 2.44. The van der Waals surface area contributed by atoms with Gasteiger partial charge in [0.25, 0.3) is 0 Å². The number of piperidine rings is 1. The second-order valence-corrected chi connectivity index (χ2v) is 4.41. The van der Waals surface area contributed by atoms with Gasteiger partial charge in [-0.1, -0.05) is 0 Å². The monoisotopic (exact) mass is 183 g/mol. The van der Waals surface area contributed by atoms with Crippen molar-refractivity contribution in [1.82, 2.24) is 5.32 Å². The summed E-state index contributed by atoms with van der Waals surface area (Å²) >= 11 is 0. The molecule has 0 spiro atoms. The van der Waals surface area contributed by atoms with Crippen molar-refractivity contribution < 1.29 is 4.74 Å². The second kappa shape index (κ2) is 4.43. The minimum atomic E-state index is 0.884. The van der Waals surface area contributed by atoms with Gasteiger partial charge in [-0.15, -0.1) is 0 Å². The molecule has 2 aliphatic rings. The SMILES string of the molecule is CCOC[C@@H]1C[C@@H]1C1CCNCC1. The number of hydrogen-bond acceptors (Lipinski definition) is 2. The van der Waals surface area contributed by atoms with Crippen LogP contribution in [-0.2, 0) is 4.74 Å². The quantitative estimate of drug-likeness (QED) is 0.715. The molecule has 0 aromatic heterocycles. The van der Waals surface area contributed by atoms with Crippen molar-refractivity contribution in [3.05, 3.63) is 0 Å². The van der Waals surface area contributed by atoms with E-state index >= 15 is 0 Å². The Balaban J connectivity index is 1.66. The first-order valence-electron chi connectivity index (χ1n) is 5.70. The largest absolute Gasteiger partial charge is 0.381 e. The van der Waals surface area contributed by atoms with Gasteiger partial charge in [-0.05, 0) is 57.0 Å². The van der Waals surface area contributed by atoms with Crippen LogP contribution in [0.5, 0.6) is 0 Å². The van der Waals surface area contributed by atoms with Gasteiger partial charge >= 0.3 is 0 Å². The molecule has 76 valence electrons. The highest BCUT2D eigenvalue weighted by molar-refractivity contribution is 4.92. The third-order valence-corrected chi connectivity index (χ3v) is 3.50. The number of hydrogen-bond donors (Lipinski definition) is 1. The molecule has 2 nitrogen and oxygen atoms in total. The first kappa shape index (κ1) is 9.47. The van der Waals surface area contributed by atoms with Gasteiger partial charge in [0, 0.05) is 13.2 Å². The van der Waals surface area contributed by atoms with Crippen LogP contribution in [0.2, 0.25) is 0 Å². The number of rotatable bonds is 4. The maximum absolute atomic E-state index is 5.46. The van der Waals surface area contributed by atoms with Gasteiger partial charge in [-0.2, -0.15) is 0 Å². The zero-order chi connectivity index (χ0) is 9.10. The maximum Gasteiger partial charge on any atom is 0.0496 e. The lowest BCUT2D eigenvalue weighted by molar-refractivity contribution is 0.128. The van der Waals surface area contributed by atoms with Crippen LogP contribution in [0.25, 0.3) is 0 Å². The summed E-state index contributed by atoms with van der Waals surface area (Å²) in [6, 6.07) is 0. The minimum absolute atomic E-state index is 0.884. The fourth-order valence-electron chi connectivity index (χ4n) is 2.58. The topological polar surface area (TPSA) is 21.3 Å². The average molecular weight is 183 g/mol. The molecule has 1 heterocycles. The summed E-state index contributed by atoms with van der Waals surface area (Å²) in [6.07, 6.45) is 4.23. The lowest BCUT2D eigenvalue weighted by Gasteiger charge is -2.22. The summed E-state index contributed by atoms with van der Waals surface area (Å²) in [4.78, 5) is 0. The van der Waals surface area contributed by atoms with Crippen molar-refractivity contribution in [2.24, 2.45) is 17.8 Å². The Morgan fingerprint density at radius 2 is 2.08 bits per heavy atom. The summed E-state index contributed by atoms with van der Waals surface area (Å²) in [5.74, 6) is 2.92. The molecule has 1 saturated heterocycles. The van der Waals surface area contributed by atoms with Gasteiger partial charge in [-0.25, -0.2) is 0 Å². The lowest BCUT2D eigenvalue weighted by Crippen LogP contribution is -2.29. The van der Waals surface area contributed by atoms with Gasteiger partial charge in [0.2, 0.25) is 0 Å². The second-order valence-electron chi connectivity index (χ2n) is 4.41. The molecule has 13 heavy (non-hydrogen) atoms. The van der Waals surface area contributed by atoms with Crippen molar-refractivity contribution in [2.75, 3.05) is 26.3 Å². The highest BCUT2D eigenvalue weighted by Crippen LogP contribution is 2.47. The molecule has 2 fully saturated rings. The maximum atomic E-state index is 5.46. The Bertz CT molecular complexity index is 154. The molecule has 2 atom stereocenters. The molecule has 1 N–H and O–H groups in total. The van der Waals surface area contributed by atoms with Crippen LogP contribution in [0.1, 0.15) is 26.2 Å². The Labute approximate surface area is 81.0 Å². The zero-order valence-corrected chi connectivity index (χ0v) is 8.59. The van der Waals surface area contributed by atoms with E-state index in [1.807, 2.05) is 0 Å².